The molecular weight excluding hydrogens is 260 g/mol. The van der Waals surface area contributed by atoms with Gasteiger partial charge in [-0.05, 0) is 57.0 Å². The van der Waals surface area contributed by atoms with Crippen molar-refractivity contribution in [3.05, 3.63) is 29.8 Å². The third-order valence-corrected chi connectivity index (χ3v) is 4.12. The molecule has 3 nitrogen and oxygen atoms in total. The molecule has 3 heteroatoms. The predicted molar refractivity (Wildman–Crippen MR) is 88.9 cm³/mol. The Hall–Kier alpha value is -1.06. The lowest BCUT2D eigenvalue weighted by atomic mass is 10.1. The molecule has 1 unspecified atom stereocenters. The van der Waals surface area contributed by atoms with Crippen LogP contribution < -0.4 is 10.1 Å². The van der Waals surface area contributed by atoms with Crippen molar-refractivity contribution in [3.63, 3.8) is 0 Å². The van der Waals surface area contributed by atoms with Crippen LogP contribution in [0.5, 0.6) is 5.75 Å². The minimum atomic E-state index is 0.418. The maximum atomic E-state index is 5.54. The number of hydrogen-bond acceptors (Lipinski definition) is 3. The van der Waals surface area contributed by atoms with Crippen LogP contribution in [0, 0.1) is 0 Å². The van der Waals surface area contributed by atoms with E-state index in [1.165, 1.54) is 24.8 Å². The van der Waals surface area contributed by atoms with Crippen molar-refractivity contribution in [2.24, 2.45) is 0 Å². The lowest BCUT2D eigenvalue weighted by Crippen LogP contribution is -2.36. The lowest BCUT2D eigenvalue weighted by Gasteiger charge is -2.27. The highest BCUT2D eigenvalue weighted by molar-refractivity contribution is 5.29. The molecule has 118 valence electrons. The van der Waals surface area contributed by atoms with E-state index < -0.39 is 0 Å². The molecule has 0 bridgehead atoms. The molecule has 1 aliphatic rings. The van der Waals surface area contributed by atoms with Gasteiger partial charge in [0.25, 0.3) is 0 Å². The van der Waals surface area contributed by atoms with Gasteiger partial charge in [-0.1, -0.05) is 26.0 Å². The molecule has 0 saturated heterocycles. The summed E-state index contributed by atoms with van der Waals surface area (Å²) in [6.07, 6.45) is 3.91. The smallest absolute Gasteiger partial charge is 0.119 e. The zero-order chi connectivity index (χ0) is 15.1. The van der Waals surface area contributed by atoms with Gasteiger partial charge in [0.1, 0.15) is 5.75 Å². The Morgan fingerprint density at radius 2 is 1.90 bits per heavy atom. The summed E-state index contributed by atoms with van der Waals surface area (Å²) in [6.45, 7) is 10.6. The lowest BCUT2D eigenvalue weighted by molar-refractivity contribution is 0.244. The third-order valence-electron chi connectivity index (χ3n) is 4.12. The number of rotatable bonds is 10. The Bertz CT molecular complexity index is 400. The first-order valence-corrected chi connectivity index (χ1v) is 8.48. The molecule has 1 atom stereocenters. The van der Waals surface area contributed by atoms with Crippen LogP contribution in [-0.2, 0) is 0 Å². The van der Waals surface area contributed by atoms with Crippen LogP contribution in [-0.4, -0.2) is 37.2 Å². The Balaban J connectivity index is 2.02. The molecular formula is C18H30N2O. The zero-order valence-electron chi connectivity index (χ0n) is 13.8. The summed E-state index contributed by atoms with van der Waals surface area (Å²) in [5.41, 5.74) is 1.37. The molecule has 21 heavy (non-hydrogen) atoms. The van der Waals surface area contributed by atoms with E-state index in [2.05, 4.69) is 48.3 Å². The van der Waals surface area contributed by atoms with Crippen LogP contribution in [0.1, 0.15) is 51.6 Å². The van der Waals surface area contributed by atoms with E-state index in [-0.39, 0.29) is 0 Å². The standard InChI is InChI=1S/C18H30N2O/c1-4-13-19-18(14-20(5-2)16-9-10-16)15-7-11-17(12-8-15)21-6-3/h7-8,11-12,16,18-19H,4-6,9-10,13-14H2,1-3H3. The van der Waals surface area contributed by atoms with Crippen molar-refractivity contribution in [2.75, 3.05) is 26.2 Å². The molecule has 0 amide bonds. The SMILES string of the molecule is CCCNC(CN(CC)C1CC1)c1ccc(OCC)cc1. The Morgan fingerprint density at radius 3 is 2.43 bits per heavy atom. The van der Waals surface area contributed by atoms with Crippen molar-refractivity contribution >= 4 is 0 Å². The van der Waals surface area contributed by atoms with E-state index in [0.29, 0.717) is 6.04 Å². The van der Waals surface area contributed by atoms with Crippen molar-refractivity contribution < 1.29 is 4.74 Å². The summed E-state index contributed by atoms with van der Waals surface area (Å²) in [5, 5.41) is 3.70. The fourth-order valence-corrected chi connectivity index (χ4v) is 2.78. The fraction of sp³-hybridized carbons (Fsp3) is 0.667. The van der Waals surface area contributed by atoms with Crippen LogP contribution in [0.3, 0.4) is 0 Å². The van der Waals surface area contributed by atoms with Gasteiger partial charge in [0.2, 0.25) is 0 Å². The number of nitrogens with zero attached hydrogens (tertiary/aromatic N) is 1. The summed E-state index contributed by atoms with van der Waals surface area (Å²) in [4.78, 5) is 2.61. The minimum Gasteiger partial charge on any atom is -0.494 e. The summed E-state index contributed by atoms with van der Waals surface area (Å²) in [6, 6.07) is 9.84. The summed E-state index contributed by atoms with van der Waals surface area (Å²) >= 11 is 0. The number of likely N-dealkylation sites (N-methyl/N-ethyl adjacent to an activating group) is 1. The van der Waals surface area contributed by atoms with Crippen LogP contribution in [0.4, 0.5) is 0 Å². The molecule has 0 aromatic heterocycles. The first kappa shape index (κ1) is 16.3. The van der Waals surface area contributed by atoms with E-state index in [4.69, 9.17) is 4.74 Å². The highest BCUT2D eigenvalue weighted by atomic mass is 16.5. The van der Waals surface area contributed by atoms with Crippen LogP contribution in [0.2, 0.25) is 0 Å². The topological polar surface area (TPSA) is 24.5 Å². The van der Waals surface area contributed by atoms with Gasteiger partial charge < -0.3 is 10.1 Å². The van der Waals surface area contributed by atoms with Gasteiger partial charge in [0.15, 0.2) is 0 Å². The number of ether oxygens (including phenoxy) is 1. The predicted octanol–water partition coefficient (Wildman–Crippen LogP) is 3.61. The summed E-state index contributed by atoms with van der Waals surface area (Å²) in [7, 11) is 0. The van der Waals surface area contributed by atoms with E-state index in [9.17, 15) is 0 Å². The first-order chi connectivity index (χ1) is 10.3. The molecule has 1 fully saturated rings. The maximum Gasteiger partial charge on any atom is 0.119 e. The van der Waals surface area contributed by atoms with E-state index in [1.54, 1.807) is 0 Å². The van der Waals surface area contributed by atoms with Gasteiger partial charge in [0, 0.05) is 18.6 Å². The van der Waals surface area contributed by atoms with Crippen LogP contribution in [0.25, 0.3) is 0 Å². The average Bonchev–Trinajstić information content (AvgIpc) is 3.34. The highest BCUT2D eigenvalue weighted by Gasteiger charge is 2.29. The van der Waals surface area contributed by atoms with Gasteiger partial charge in [-0.3, -0.25) is 4.90 Å². The second-order valence-electron chi connectivity index (χ2n) is 5.83. The Morgan fingerprint density at radius 1 is 1.19 bits per heavy atom. The second kappa shape index (κ2) is 8.40. The highest BCUT2D eigenvalue weighted by Crippen LogP contribution is 2.29. The molecule has 1 aliphatic carbocycles. The van der Waals surface area contributed by atoms with Crippen molar-refractivity contribution in [2.45, 2.75) is 52.1 Å². The van der Waals surface area contributed by atoms with Crippen molar-refractivity contribution in [1.82, 2.24) is 10.2 Å². The van der Waals surface area contributed by atoms with Gasteiger partial charge in [-0.2, -0.15) is 0 Å². The van der Waals surface area contributed by atoms with E-state index >= 15 is 0 Å². The summed E-state index contributed by atoms with van der Waals surface area (Å²) in [5.74, 6) is 0.963. The number of benzene rings is 1. The third kappa shape index (κ3) is 5.01. The van der Waals surface area contributed by atoms with Gasteiger partial charge >= 0.3 is 0 Å². The van der Waals surface area contributed by atoms with Crippen LogP contribution in [0.15, 0.2) is 24.3 Å². The zero-order valence-corrected chi connectivity index (χ0v) is 13.8. The Labute approximate surface area is 129 Å². The maximum absolute atomic E-state index is 5.54. The van der Waals surface area contributed by atoms with Gasteiger partial charge in [-0.25, -0.2) is 0 Å². The molecule has 0 heterocycles. The molecule has 1 saturated carbocycles. The molecule has 2 rings (SSSR count). The molecule has 1 aromatic carbocycles. The molecule has 1 aromatic rings. The number of nitrogens with one attached hydrogen (secondary N) is 1. The largest absolute Gasteiger partial charge is 0.494 e. The molecule has 1 N–H and O–H groups in total. The summed E-state index contributed by atoms with van der Waals surface area (Å²) < 4.78 is 5.54. The van der Waals surface area contributed by atoms with Gasteiger partial charge in [0.05, 0.1) is 6.61 Å². The normalized spacial score (nSPS) is 16.2. The molecule has 0 spiro atoms. The van der Waals surface area contributed by atoms with Crippen molar-refractivity contribution in [3.8, 4) is 5.75 Å². The number of hydrogen-bond donors (Lipinski definition) is 1. The second-order valence-corrected chi connectivity index (χ2v) is 5.83. The monoisotopic (exact) mass is 290 g/mol. The quantitative estimate of drug-likeness (QED) is 0.712. The fourth-order valence-electron chi connectivity index (χ4n) is 2.78. The Kier molecular flexibility index (Phi) is 6.52. The minimum absolute atomic E-state index is 0.418. The van der Waals surface area contributed by atoms with E-state index in [1.807, 2.05) is 6.92 Å². The average molecular weight is 290 g/mol. The van der Waals surface area contributed by atoms with Crippen molar-refractivity contribution in [1.29, 1.82) is 0 Å². The molecule has 0 aliphatic heterocycles. The molecule has 0 radical (unpaired) electrons. The van der Waals surface area contributed by atoms with Gasteiger partial charge in [-0.15, -0.1) is 0 Å². The first-order valence-electron chi connectivity index (χ1n) is 8.48. The van der Waals surface area contributed by atoms with E-state index in [0.717, 1.165) is 38.0 Å². The van der Waals surface area contributed by atoms with Crippen LogP contribution >= 0.6 is 0 Å².